The first-order valence-corrected chi connectivity index (χ1v) is 8.27. The Morgan fingerprint density at radius 3 is 2.58 bits per heavy atom. The summed E-state index contributed by atoms with van der Waals surface area (Å²) in [6.07, 6.45) is 3.49. The minimum absolute atomic E-state index is 0.0479. The topological polar surface area (TPSA) is 58.1 Å². The fourth-order valence-electron chi connectivity index (χ4n) is 2.25. The molecule has 0 saturated carbocycles. The molecule has 7 heteroatoms. The first-order chi connectivity index (χ1) is 11.5. The Morgan fingerprint density at radius 2 is 1.96 bits per heavy atom. The number of aromatic nitrogens is 2. The van der Waals surface area contributed by atoms with E-state index in [-0.39, 0.29) is 10.7 Å². The number of carbonyl (C=O) groups excluding carboxylic acids is 1. The van der Waals surface area contributed by atoms with Crippen molar-refractivity contribution >= 4 is 29.1 Å². The number of benzene rings is 1. The van der Waals surface area contributed by atoms with Gasteiger partial charge >= 0.3 is 0 Å². The molecular weight excluding hydrogens is 331 g/mol. The summed E-state index contributed by atoms with van der Waals surface area (Å²) in [6, 6.07) is 5.55. The first-order valence-electron chi connectivity index (χ1n) is 7.89. The molecule has 0 aliphatic rings. The second-order valence-corrected chi connectivity index (χ2v) is 5.72. The Labute approximate surface area is 145 Å². The van der Waals surface area contributed by atoms with E-state index in [1.54, 1.807) is 12.3 Å². The molecule has 1 amide bonds. The van der Waals surface area contributed by atoms with Gasteiger partial charge in [0.2, 0.25) is 5.95 Å². The Hall–Kier alpha value is -2.21. The summed E-state index contributed by atoms with van der Waals surface area (Å²) in [5, 5.41) is 2.61. The number of hydrogen-bond acceptors (Lipinski definition) is 4. The monoisotopic (exact) mass is 350 g/mol. The van der Waals surface area contributed by atoms with E-state index in [9.17, 15) is 9.18 Å². The van der Waals surface area contributed by atoms with E-state index in [0.29, 0.717) is 11.6 Å². The van der Waals surface area contributed by atoms with Gasteiger partial charge in [0.25, 0.3) is 5.91 Å². The summed E-state index contributed by atoms with van der Waals surface area (Å²) >= 11 is 5.72. The van der Waals surface area contributed by atoms with E-state index in [2.05, 4.69) is 29.1 Å². The van der Waals surface area contributed by atoms with Gasteiger partial charge < -0.3 is 10.2 Å². The van der Waals surface area contributed by atoms with Gasteiger partial charge in [0.1, 0.15) is 11.5 Å². The van der Waals surface area contributed by atoms with Crippen LogP contribution in [0.25, 0.3) is 0 Å². The molecule has 0 atom stereocenters. The van der Waals surface area contributed by atoms with Crippen LogP contribution in [-0.4, -0.2) is 29.0 Å². The molecule has 0 fully saturated rings. The molecule has 0 aliphatic carbocycles. The van der Waals surface area contributed by atoms with Crippen molar-refractivity contribution in [3.8, 4) is 0 Å². The second kappa shape index (κ2) is 8.59. The number of amides is 1. The van der Waals surface area contributed by atoms with Crippen molar-refractivity contribution in [2.24, 2.45) is 0 Å². The van der Waals surface area contributed by atoms with Gasteiger partial charge in [-0.3, -0.25) is 4.79 Å². The number of carbonyl (C=O) groups is 1. The second-order valence-electron chi connectivity index (χ2n) is 5.31. The van der Waals surface area contributed by atoms with Gasteiger partial charge in [-0.1, -0.05) is 25.4 Å². The van der Waals surface area contributed by atoms with Crippen LogP contribution in [0, 0.1) is 5.82 Å². The normalized spacial score (nSPS) is 10.5. The van der Waals surface area contributed by atoms with Crippen LogP contribution in [-0.2, 0) is 0 Å². The SMILES string of the molecule is CCCN(CCC)c1nccc(C(=O)Nc2ccc(F)c(Cl)c2)n1. The third-order valence-electron chi connectivity index (χ3n) is 3.32. The van der Waals surface area contributed by atoms with Crippen molar-refractivity contribution in [1.82, 2.24) is 9.97 Å². The zero-order chi connectivity index (χ0) is 17.5. The molecular formula is C17H20ClFN4O. The largest absolute Gasteiger partial charge is 0.341 e. The molecule has 1 heterocycles. The highest BCUT2D eigenvalue weighted by Crippen LogP contribution is 2.20. The molecule has 1 N–H and O–H groups in total. The maximum atomic E-state index is 13.2. The number of nitrogens with one attached hydrogen (secondary N) is 1. The molecule has 0 unspecified atom stereocenters. The number of hydrogen-bond donors (Lipinski definition) is 1. The van der Waals surface area contributed by atoms with Gasteiger partial charge in [0.15, 0.2) is 0 Å². The quantitative estimate of drug-likeness (QED) is 0.815. The lowest BCUT2D eigenvalue weighted by Gasteiger charge is -2.21. The van der Waals surface area contributed by atoms with E-state index in [1.165, 1.54) is 18.2 Å². The lowest BCUT2D eigenvalue weighted by atomic mass is 10.3. The molecule has 0 bridgehead atoms. The van der Waals surface area contributed by atoms with E-state index in [4.69, 9.17) is 11.6 Å². The van der Waals surface area contributed by atoms with Gasteiger partial charge in [-0.05, 0) is 37.1 Å². The molecule has 1 aromatic carbocycles. The third-order valence-corrected chi connectivity index (χ3v) is 3.61. The van der Waals surface area contributed by atoms with E-state index < -0.39 is 11.7 Å². The smallest absolute Gasteiger partial charge is 0.274 e. The summed E-state index contributed by atoms with van der Waals surface area (Å²) in [6.45, 7) is 5.81. The maximum Gasteiger partial charge on any atom is 0.274 e. The van der Waals surface area contributed by atoms with Crippen LogP contribution >= 0.6 is 11.6 Å². The predicted octanol–water partition coefficient (Wildman–Crippen LogP) is 4.15. The standard InChI is InChI=1S/C17H20ClFN4O/c1-3-9-23(10-4-2)17-20-8-7-15(22-17)16(24)21-12-5-6-14(19)13(18)11-12/h5-8,11H,3-4,9-10H2,1-2H3,(H,21,24). The van der Waals surface area contributed by atoms with Crippen LogP contribution < -0.4 is 10.2 Å². The molecule has 0 spiro atoms. The van der Waals surface area contributed by atoms with E-state index >= 15 is 0 Å². The van der Waals surface area contributed by atoms with Crippen LogP contribution in [0.3, 0.4) is 0 Å². The summed E-state index contributed by atoms with van der Waals surface area (Å²) < 4.78 is 13.2. The summed E-state index contributed by atoms with van der Waals surface area (Å²) in [5.74, 6) is -0.397. The first kappa shape index (κ1) is 18.1. The fraction of sp³-hybridized carbons (Fsp3) is 0.353. The Balaban J connectivity index is 2.17. The average Bonchev–Trinajstić information content (AvgIpc) is 2.58. The predicted molar refractivity (Wildman–Crippen MR) is 94.2 cm³/mol. The summed E-state index contributed by atoms with van der Waals surface area (Å²) in [7, 11) is 0. The molecule has 128 valence electrons. The van der Waals surface area contributed by atoms with E-state index in [1.807, 2.05) is 4.90 Å². The zero-order valence-electron chi connectivity index (χ0n) is 13.7. The lowest BCUT2D eigenvalue weighted by Crippen LogP contribution is -2.27. The minimum Gasteiger partial charge on any atom is -0.341 e. The fourth-order valence-corrected chi connectivity index (χ4v) is 2.43. The molecule has 24 heavy (non-hydrogen) atoms. The van der Waals surface area contributed by atoms with Crippen LogP contribution in [0.15, 0.2) is 30.5 Å². The molecule has 5 nitrogen and oxygen atoms in total. The Morgan fingerprint density at radius 1 is 1.25 bits per heavy atom. The summed E-state index contributed by atoms with van der Waals surface area (Å²) in [4.78, 5) is 23.0. The molecule has 2 aromatic rings. The summed E-state index contributed by atoms with van der Waals surface area (Å²) in [5.41, 5.74) is 0.656. The van der Waals surface area contributed by atoms with Crippen LogP contribution in [0.1, 0.15) is 37.2 Å². The van der Waals surface area contributed by atoms with Gasteiger partial charge in [-0.2, -0.15) is 0 Å². The number of nitrogens with zero attached hydrogens (tertiary/aromatic N) is 3. The molecule has 2 rings (SSSR count). The van der Waals surface area contributed by atoms with Crippen molar-refractivity contribution in [2.75, 3.05) is 23.3 Å². The maximum absolute atomic E-state index is 13.2. The van der Waals surface area contributed by atoms with Gasteiger partial charge in [-0.15, -0.1) is 0 Å². The third kappa shape index (κ3) is 4.64. The van der Waals surface area contributed by atoms with Crippen LogP contribution in [0.5, 0.6) is 0 Å². The van der Waals surface area contributed by atoms with Crippen molar-refractivity contribution < 1.29 is 9.18 Å². The highest BCUT2D eigenvalue weighted by atomic mass is 35.5. The number of rotatable bonds is 7. The Kier molecular flexibility index (Phi) is 6.49. The van der Waals surface area contributed by atoms with Crippen LogP contribution in [0.4, 0.5) is 16.0 Å². The van der Waals surface area contributed by atoms with E-state index in [0.717, 1.165) is 25.9 Å². The van der Waals surface area contributed by atoms with Crippen molar-refractivity contribution in [3.05, 3.63) is 47.0 Å². The highest BCUT2D eigenvalue weighted by molar-refractivity contribution is 6.31. The van der Waals surface area contributed by atoms with Gasteiger partial charge in [0.05, 0.1) is 5.02 Å². The molecule has 0 saturated heterocycles. The lowest BCUT2D eigenvalue weighted by molar-refractivity contribution is 0.102. The minimum atomic E-state index is -0.534. The van der Waals surface area contributed by atoms with Crippen molar-refractivity contribution in [3.63, 3.8) is 0 Å². The van der Waals surface area contributed by atoms with Gasteiger partial charge in [-0.25, -0.2) is 14.4 Å². The van der Waals surface area contributed by atoms with Crippen molar-refractivity contribution in [1.29, 1.82) is 0 Å². The Bertz CT molecular complexity index is 705. The van der Waals surface area contributed by atoms with Gasteiger partial charge in [0, 0.05) is 25.0 Å². The molecule has 0 radical (unpaired) electrons. The molecule has 0 aliphatic heterocycles. The van der Waals surface area contributed by atoms with Crippen molar-refractivity contribution in [2.45, 2.75) is 26.7 Å². The zero-order valence-corrected chi connectivity index (χ0v) is 14.5. The highest BCUT2D eigenvalue weighted by Gasteiger charge is 2.13. The average molecular weight is 351 g/mol. The number of halogens is 2. The molecule has 1 aromatic heterocycles. The number of anilines is 2. The van der Waals surface area contributed by atoms with Crippen LogP contribution in [0.2, 0.25) is 5.02 Å².